The first-order chi connectivity index (χ1) is 7.79. The van der Waals surface area contributed by atoms with E-state index in [1.165, 1.54) is 25.7 Å². The maximum absolute atomic E-state index is 10.1. The Morgan fingerprint density at radius 2 is 1.88 bits per heavy atom. The van der Waals surface area contributed by atoms with Gasteiger partial charge in [0.2, 0.25) is 0 Å². The molecule has 0 aromatic heterocycles. The number of rotatable bonds is 4. The van der Waals surface area contributed by atoms with E-state index in [1.54, 1.807) is 7.11 Å². The van der Waals surface area contributed by atoms with Crippen LogP contribution in [0, 0.1) is 5.92 Å². The van der Waals surface area contributed by atoms with Crippen molar-refractivity contribution in [1.82, 2.24) is 0 Å². The van der Waals surface area contributed by atoms with Crippen LogP contribution in [0.4, 0.5) is 0 Å². The van der Waals surface area contributed by atoms with Crippen molar-refractivity contribution < 1.29 is 9.84 Å². The Morgan fingerprint density at radius 1 is 1.25 bits per heavy atom. The third kappa shape index (κ3) is 2.76. The molecule has 0 saturated heterocycles. The van der Waals surface area contributed by atoms with Crippen molar-refractivity contribution in [3.05, 3.63) is 29.8 Å². The van der Waals surface area contributed by atoms with E-state index in [2.05, 4.69) is 0 Å². The lowest BCUT2D eigenvalue weighted by atomic mass is 9.96. The highest BCUT2D eigenvalue weighted by molar-refractivity contribution is 5.28. The molecule has 0 amide bonds. The number of aliphatic hydroxyl groups excluding tert-OH is 1. The fraction of sp³-hybridized carbons (Fsp3) is 0.571. The molecule has 0 heterocycles. The van der Waals surface area contributed by atoms with Crippen LogP contribution < -0.4 is 4.74 Å². The van der Waals surface area contributed by atoms with Crippen molar-refractivity contribution >= 4 is 0 Å². The van der Waals surface area contributed by atoms with Crippen LogP contribution in [0.3, 0.4) is 0 Å². The van der Waals surface area contributed by atoms with Gasteiger partial charge in [0.15, 0.2) is 0 Å². The SMILES string of the molecule is COc1ccc(C(O)CC2CCCC2)cc1. The zero-order valence-electron chi connectivity index (χ0n) is 9.86. The molecule has 1 fully saturated rings. The van der Waals surface area contributed by atoms with E-state index in [9.17, 15) is 5.11 Å². The number of hydrogen-bond donors (Lipinski definition) is 1. The summed E-state index contributed by atoms with van der Waals surface area (Å²) >= 11 is 0. The second kappa shape index (κ2) is 5.35. The molecule has 0 bridgehead atoms. The molecule has 2 nitrogen and oxygen atoms in total. The van der Waals surface area contributed by atoms with Crippen molar-refractivity contribution in [1.29, 1.82) is 0 Å². The molecule has 1 aliphatic rings. The van der Waals surface area contributed by atoms with Gasteiger partial charge in [-0.15, -0.1) is 0 Å². The first-order valence-electron chi connectivity index (χ1n) is 6.11. The molecule has 1 aromatic rings. The monoisotopic (exact) mass is 220 g/mol. The van der Waals surface area contributed by atoms with Crippen LogP contribution in [-0.4, -0.2) is 12.2 Å². The van der Waals surface area contributed by atoms with Crippen molar-refractivity contribution in [2.45, 2.75) is 38.2 Å². The summed E-state index contributed by atoms with van der Waals surface area (Å²) in [6.07, 6.45) is 5.83. The smallest absolute Gasteiger partial charge is 0.118 e. The Balaban J connectivity index is 1.94. The minimum Gasteiger partial charge on any atom is -0.497 e. The molecule has 1 N–H and O–H groups in total. The highest BCUT2D eigenvalue weighted by Gasteiger charge is 2.19. The number of ether oxygens (including phenoxy) is 1. The average molecular weight is 220 g/mol. The molecule has 0 radical (unpaired) electrons. The van der Waals surface area contributed by atoms with Gasteiger partial charge in [0.05, 0.1) is 13.2 Å². The predicted octanol–water partition coefficient (Wildman–Crippen LogP) is 3.31. The first-order valence-corrected chi connectivity index (χ1v) is 6.11. The van der Waals surface area contributed by atoms with Gasteiger partial charge in [0.1, 0.15) is 5.75 Å². The second-order valence-electron chi connectivity index (χ2n) is 4.68. The Labute approximate surface area is 97.3 Å². The lowest BCUT2D eigenvalue weighted by Gasteiger charge is -2.15. The number of benzene rings is 1. The Bertz CT molecular complexity index is 312. The normalized spacial score (nSPS) is 18.6. The van der Waals surface area contributed by atoms with Crippen molar-refractivity contribution in [2.75, 3.05) is 7.11 Å². The Kier molecular flexibility index (Phi) is 3.83. The lowest BCUT2D eigenvalue weighted by molar-refractivity contribution is 0.145. The molecule has 1 unspecified atom stereocenters. The lowest BCUT2D eigenvalue weighted by Crippen LogP contribution is -2.04. The van der Waals surface area contributed by atoms with Gasteiger partial charge in [-0.3, -0.25) is 0 Å². The van der Waals surface area contributed by atoms with Crippen molar-refractivity contribution in [3.8, 4) is 5.75 Å². The molecule has 88 valence electrons. The third-order valence-corrected chi connectivity index (χ3v) is 3.53. The van der Waals surface area contributed by atoms with Gasteiger partial charge in [-0.05, 0) is 30.0 Å². The molecular weight excluding hydrogens is 200 g/mol. The topological polar surface area (TPSA) is 29.5 Å². The fourth-order valence-corrected chi connectivity index (χ4v) is 2.52. The third-order valence-electron chi connectivity index (χ3n) is 3.53. The minimum absolute atomic E-state index is 0.311. The van der Waals surface area contributed by atoms with Crippen LogP contribution in [0.5, 0.6) is 5.75 Å². The van der Waals surface area contributed by atoms with Crippen LogP contribution in [0.1, 0.15) is 43.8 Å². The zero-order valence-corrected chi connectivity index (χ0v) is 9.86. The molecule has 1 atom stereocenters. The summed E-state index contributed by atoms with van der Waals surface area (Å²) in [7, 11) is 1.66. The largest absolute Gasteiger partial charge is 0.497 e. The molecule has 0 aliphatic heterocycles. The Morgan fingerprint density at radius 3 is 2.44 bits per heavy atom. The average Bonchev–Trinajstić information content (AvgIpc) is 2.82. The highest BCUT2D eigenvalue weighted by atomic mass is 16.5. The fourth-order valence-electron chi connectivity index (χ4n) is 2.52. The highest BCUT2D eigenvalue weighted by Crippen LogP contribution is 2.33. The van der Waals surface area contributed by atoms with Gasteiger partial charge in [-0.25, -0.2) is 0 Å². The molecule has 1 aromatic carbocycles. The van der Waals surface area contributed by atoms with Crippen LogP contribution in [0.15, 0.2) is 24.3 Å². The molecule has 2 rings (SSSR count). The molecule has 16 heavy (non-hydrogen) atoms. The van der Waals surface area contributed by atoms with Crippen molar-refractivity contribution in [2.24, 2.45) is 5.92 Å². The summed E-state index contributed by atoms with van der Waals surface area (Å²) in [5.41, 5.74) is 1.01. The number of aliphatic hydroxyl groups is 1. The summed E-state index contributed by atoms with van der Waals surface area (Å²) in [6.45, 7) is 0. The number of methoxy groups -OCH3 is 1. The summed E-state index contributed by atoms with van der Waals surface area (Å²) < 4.78 is 5.10. The summed E-state index contributed by atoms with van der Waals surface area (Å²) in [6, 6.07) is 7.73. The van der Waals surface area contributed by atoms with E-state index in [-0.39, 0.29) is 6.10 Å². The van der Waals surface area contributed by atoms with Gasteiger partial charge in [0.25, 0.3) is 0 Å². The number of hydrogen-bond acceptors (Lipinski definition) is 2. The van der Waals surface area contributed by atoms with E-state index >= 15 is 0 Å². The van der Waals surface area contributed by atoms with Crippen LogP contribution >= 0.6 is 0 Å². The van der Waals surface area contributed by atoms with Crippen LogP contribution in [-0.2, 0) is 0 Å². The van der Waals surface area contributed by atoms with E-state index in [0.717, 1.165) is 23.7 Å². The maximum atomic E-state index is 10.1. The van der Waals surface area contributed by atoms with Crippen molar-refractivity contribution in [3.63, 3.8) is 0 Å². The molecule has 1 saturated carbocycles. The summed E-state index contributed by atoms with van der Waals surface area (Å²) in [4.78, 5) is 0. The zero-order chi connectivity index (χ0) is 11.4. The van der Waals surface area contributed by atoms with E-state index in [0.29, 0.717) is 0 Å². The summed E-state index contributed by atoms with van der Waals surface area (Å²) in [5, 5.41) is 10.1. The van der Waals surface area contributed by atoms with Gasteiger partial charge < -0.3 is 9.84 Å². The predicted molar refractivity (Wildman–Crippen MR) is 64.5 cm³/mol. The molecular formula is C14H20O2. The van der Waals surface area contributed by atoms with E-state index in [4.69, 9.17) is 4.74 Å². The molecule has 2 heteroatoms. The second-order valence-corrected chi connectivity index (χ2v) is 4.68. The maximum Gasteiger partial charge on any atom is 0.118 e. The van der Waals surface area contributed by atoms with E-state index < -0.39 is 0 Å². The molecule has 1 aliphatic carbocycles. The minimum atomic E-state index is -0.311. The molecule has 0 spiro atoms. The van der Waals surface area contributed by atoms with Gasteiger partial charge in [0, 0.05) is 0 Å². The quantitative estimate of drug-likeness (QED) is 0.843. The van der Waals surface area contributed by atoms with E-state index in [1.807, 2.05) is 24.3 Å². The van der Waals surface area contributed by atoms with Crippen LogP contribution in [0.25, 0.3) is 0 Å². The Hall–Kier alpha value is -1.02. The standard InChI is InChI=1S/C14H20O2/c1-16-13-8-6-12(7-9-13)14(15)10-11-4-2-3-5-11/h6-9,11,14-15H,2-5,10H2,1H3. The van der Waals surface area contributed by atoms with Gasteiger partial charge >= 0.3 is 0 Å². The van der Waals surface area contributed by atoms with Gasteiger partial charge in [-0.2, -0.15) is 0 Å². The first kappa shape index (κ1) is 11.5. The summed E-state index contributed by atoms with van der Waals surface area (Å²) in [5.74, 6) is 1.56. The van der Waals surface area contributed by atoms with Crippen LogP contribution in [0.2, 0.25) is 0 Å². The van der Waals surface area contributed by atoms with Gasteiger partial charge in [-0.1, -0.05) is 37.8 Å².